The van der Waals surface area contributed by atoms with Gasteiger partial charge in [-0.05, 0) is 80.7 Å². The molecule has 11 heteroatoms. The molecule has 1 saturated heterocycles. The van der Waals surface area contributed by atoms with E-state index >= 15 is 0 Å². The number of piperidine rings is 1. The summed E-state index contributed by atoms with van der Waals surface area (Å²) >= 11 is 0. The lowest BCUT2D eigenvalue weighted by Gasteiger charge is -2.35. The number of hydrogen-bond acceptors (Lipinski definition) is 6. The number of rotatable bonds is 7. The number of fused-ring (bicyclic) bond motifs is 7. The number of nitrogens with zero attached hydrogens (tertiary/aromatic N) is 3. The van der Waals surface area contributed by atoms with E-state index < -0.39 is 34.1 Å². The Morgan fingerprint density at radius 1 is 1.13 bits per heavy atom. The van der Waals surface area contributed by atoms with Gasteiger partial charge in [0.25, 0.3) is 5.91 Å². The number of imidazole rings is 1. The Labute approximate surface area is 226 Å². The lowest BCUT2D eigenvalue weighted by atomic mass is 9.93. The second kappa shape index (κ2) is 8.92. The molecule has 3 aromatic rings. The van der Waals surface area contributed by atoms with Crippen LogP contribution < -0.4 is 14.9 Å². The summed E-state index contributed by atoms with van der Waals surface area (Å²) in [5.41, 5.74) is 3.42. The number of carbonyl (C=O) groups excluding carboxylic acids is 1. The molecule has 2 bridgehead atoms. The number of nitrogens with one attached hydrogen (secondary N) is 2. The molecular weight excluding hydrogens is 521 g/mol. The maximum atomic E-state index is 14.8. The van der Waals surface area contributed by atoms with Gasteiger partial charge in [-0.2, -0.15) is 0 Å². The van der Waals surface area contributed by atoms with Crippen molar-refractivity contribution in [2.75, 3.05) is 40.4 Å². The Bertz CT molecular complexity index is 1590. The Morgan fingerprint density at radius 2 is 1.92 bits per heavy atom. The van der Waals surface area contributed by atoms with Crippen LogP contribution >= 0.6 is 0 Å². The van der Waals surface area contributed by atoms with E-state index in [-0.39, 0.29) is 0 Å². The van der Waals surface area contributed by atoms with Crippen LogP contribution in [0.15, 0.2) is 30.3 Å². The van der Waals surface area contributed by atoms with Gasteiger partial charge in [-0.1, -0.05) is 0 Å². The number of aromatic nitrogens is 2. The van der Waals surface area contributed by atoms with Gasteiger partial charge in [0, 0.05) is 25.0 Å². The van der Waals surface area contributed by atoms with Crippen molar-refractivity contribution in [2.45, 2.75) is 56.9 Å². The minimum Gasteiger partial charge on any atom is -0.395 e. The summed E-state index contributed by atoms with van der Waals surface area (Å²) in [7, 11) is -3.73. The predicted molar refractivity (Wildman–Crippen MR) is 147 cm³/mol. The third kappa shape index (κ3) is 4.35. The van der Waals surface area contributed by atoms with Crippen LogP contribution in [0.2, 0.25) is 0 Å². The Morgan fingerprint density at radius 3 is 2.67 bits per heavy atom. The van der Waals surface area contributed by atoms with E-state index in [2.05, 4.69) is 19.5 Å². The van der Waals surface area contributed by atoms with Crippen molar-refractivity contribution < 1.29 is 22.7 Å². The zero-order valence-corrected chi connectivity index (χ0v) is 22.4. The maximum absolute atomic E-state index is 14.8. The first-order chi connectivity index (χ1) is 18.7. The number of amides is 1. The maximum Gasteiger partial charge on any atom is 0.257 e. The van der Waals surface area contributed by atoms with Crippen LogP contribution in [-0.2, 0) is 10.0 Å². The van der Waals surface area contributed by atoms with Crippen LogP contribution in [0, 0.1) is 11.2 Å². The number of sulfonamides is 1. The number of carbonyl (C=O) groups is 1. The predicted octanol–water partition coefficient (Wildman–Crippen LogP) is 4.36. The van der Waals surface area contributed by atoms with Gasteiger partial charge < -0.3 is 19.9 Å². The summed E-state index contributed by atoms with van der Waals surface area (Å²) in [5, 5.41) is 12.0. The molecule has 1 aromatic heterocycles. The second-order valence-electron chi connectivity index (χ2n) is 11.6. The summed E-state index contributed by atoms with van der Waals surface area (Å²) in [4.78, 5) is 20.7. The second-order valence-corrected chi connectivity index (χ2v) is 13.5. The van der Waals surface area contributed by atoms with Crippen molar-refractivity contribution in [1.29, 1.82) is 0 Å². The quantitative estimate of drug-likeness (QED) is 0.400. The zero-order chi connectivity index (χ0) is 26.9. The molecule has 3 N–H and O–H groups in total. The molecule has 1 spiro atoms. The summed E-state index contributed by atoms with van der Waals surface area (Å²) < 4.78 is 44.0. The molecule has 206 valence electrons. The minimum atomic E-state index is -3.73. The standard InChI is InChI=1S/C28H32FN5O4S/c29-18-14-22(25-24(15-18)34-20-3-1-17(13-20)26(34)31-25)30-27(36)21-4-2-19(32-39(37,38)12-11-35)16-23(21)33-9-7-28(5-6-28)8-10-33/h2,4,14-17,20,32,35H,1,3,5-13H2,(H,30,36)/t17-,20+/m1/s1. The molecule has 2 saturated carbocycles. The highest BCUT2D eigenvalue weighted by molar-refractivity contribution is 7.92. The molecule has 39 heavy (non-hydrogen) atoms. The molecule has 2 atom stereocenters. The van der Waals surface area contributed by atoms with Gasteiger partial charge in [-0.15, -0.1) is 0 Å². The van der Waals surface area contributed by atoms with Crippen molar-refractivity contribution in [2.24, 2.45) is 5.41 Å². The molecule has 3 heterocycles. The van der Waals surface area contributed by atoms with Gasteiger partial charge in [-0.3, -0.25) is 9.52 Å². The topological polar surface area (TPSA) is 117 Å². The summed E-state index contributed by atoms with van der Waals surface area (Å²) in [6, 6.07) is 7.99. The molecule has 2 aliphatic carbocycles. The van der Waals surface area contributed by atoms with Gasteiger partial charge in [0.05, 0.1) is 40.5 Å². The van der Waals surface area contributed by atoms with Crippen molar-refractivity contribution in [1.82, 2.24) is 9.55 Å². The molecule has 1 amide bonds. The summed E-state index contributed by atoms with van der Waals surface area (Å²) in [6.07, 6.45) is 7.74. The third-order valence-corrected chi connectivity index (χ3v) is 10.4. The third-order valence-electron chi connectivity index (χ3n) is 9.17. The number of hydrogen-bond donors (Lipinski definition) is 3. The van der Waals surface area contributed by atoms with Crippen LogP contribution in [0.25, 0.3) is 11.0 Å². The minimum absolute atomic E-state index is 0.329. The molecular formula is C28H32FN5O4S. The highest BCUT2D eigenvalue weighted by atomic mass is 32.2. The van der Waals surface area contributed by atoms with E-state index in [0.717, 1.165) is 51.0 Å². The average Bonchev–Trinajstić information content (AvgIpc) is 3.22. The van der Waals surface area contributed by atoms with Crippen LogP contribution in [0.5, 0.6) is 0 Å². The van der Waals surface area contributed by atoms with Gasteiger partial charge in [0.1, 0.15) is 17.2 Å². The molecule has 0 radical (unpaired) electrons. The first-order valence-corrected chi connectivity index (χ1v) is 15.4. The highest BCUT2D eigenvalue weighted by Crippen LogP contribution is 2.54. The van der Waals surface area contributed by atoms with Crippen LogP contribution in [-0.4, -0.2) is 54.4 Å². The van der Waals surface area contributed by atoms with Crippen LogP contribution in [0.3, 0.4) is 0 Å². The molecule has 4 aliphatic rings. The average molecular weight is 554 g/mol. The number of halogens is 1. The number of benzene rings is 2. The molecule has 0 unspecified atom stereocenters. The fraction of sp³-hybridized carbons (Fsp3) is 0.500. The largest absolute Gasteiger partial charge is 0.395 e. The fourth-order valence-corrected chi connectivity index (χ4v) is 7.69. The van der Waals surface area contributed by atoms with Crippen LogP contribution in [0.4, 0.5) is 21.5 Å². The lowest BCUT2D eigenvalue weighted by molar-refractivity contribution is 0.102. The van der Waals surface area contributed by atoms with Crippen molar-refractivity contribution >= 4 is 44.0 Å². The molecule has 2 aromatic carbocycles. The monoisotopic (exact) mass is 553 g/mol. The van der Waals surface area contributed by atoms with E-state index in [1.54, 1.807) is 18.2 Å². The molecule has 3 fully saturated rings. The smallest absolute Gasteiger partial charge is 0.257 e. The Balaban J connectivity index is 1.23. The van der Waals surface area contributed by atoms with Gasteiger partial charge in [-0.25, -0.2) is 17.8 Å². The first-order valence-electron chi connectivity index (χ1n) is 13.8. The molecule has 9 nitrogen and oxygen atoms in total. The summed E-state index contributed by atoms with van der Waals surface area (Å²) in [5.74, 6) is 0.122. The van der Waals surface area contributed by atoms with E-state index in [9.17, 15) is 17.6 Å². The van der Waals surface area contributed by atoms with Crippen LogP contribution in [0.1, 0.15) is 73.1 Å². The lowest BCUT2D eigenvalue weighted by Crippen LogP contribution is -2.35. The van der Waals surface area contributed by atoms with Crippen molar-refractivity contribution in [3.05, 3.63) is 47.5 Å². The van der Waals surface area contributed by atoms with E-state index in [4.69, 9.17) is 10.1 Å². The van der Waals surface area contributed by atoms with E-state index in [1.165, 1.54) is 25.0 Å². The zero-order valence-electron chi connectivity index (χ0n) is 21.6. The normalized spacial score (nSPS) is 22.9. The highest BCUT2D eigenvalue weighted by Gasteiger charge is 2.45. The van der Waals surface area contributed by atoms with Crippen molar-refractivity contribution in [3.8, 4) is 0 Å². The Hall–Kier alpha value is -3.18. The summed E-state index contributed by atoms with van der Waals surface area (Å²) in [6.45, 7) is 1.06. The van der Waals surface area contributed by atoms with Gasteiger partial charge in [0.2, 0.25) is 10.0 Å². The fourth-order valence-electron chi connectivity index (χ4n) is 6.86. The van der Waals surface area contributed by atoms with Crippen molar-refractivity contribution in [3.63, 3.8) is 0 Å². The number of aliphatic hydroxyl groups is 1. The van der Waals surface area contributed by atoms with Gasteiger partial charge >= 0.3 is 0 Å². The molecule has 7 rings (SSSR count). The molecule has 2 aliphatic heterocycles. The SMILES string of the molecule is O=C(Nc1cc(F)cc2c1nc1n2[C@H]2CC[C@@H]1C2)c1ccc(NS(=O)(=O)CCO)cc1N1CCC2(CC1)CC2. The first kappa shape index (κ1) is 24.8. The Kier molecular flexibility index (Phi) is 5.68. The van der Waals surface area contributed by atoms with E-state index in [1.807, 2.05) is 0 Å². The van der Waals surface area contributed by atoms with Gasteiger partial charge in [0.15, 0.2) is 0 Å². The number of anilines is 3. The van der Waals surface area contributed by atoms with E-state index in [0.29, 0.717) is 51.0 Å². The number of aliphatic hydroxyl groups excluding tert-OH is 1.